The third-order valence-corrected chi connectivity index (χ3v) is 2.50. The van der Waals surface area contributed by atoms with Crippen LogP contribution in [0.15, 0.2) is 16.5 Å². The summed E-state index contributed by atoms with van der Waals surface area (Å²) in [7, 11) is 0. The highest BCUT2D eigenvalue weighted by Gasteiger charge is 2.21. The van der Waals surface area contributed by atoms with Crippen molar-refractivity contribution in [3.63, 3.8) is 0 Å². The van der Waals surface area contributed by atoms with Gasteiger partial charge in [-0.1, -0.05) is 0 Å². The maximum absolute atomic E-state index is 10.6. The lowest BCUT2D eigenvalue weighted by Gasteiger charge is -2.12. The fourth-order valence-corrected chi connectivity index (χ4v) is 1.75. The summed E-state index contributed by atoms with van der Waals surface area (Å²) < 4.78 is 5.12. The van der Waals surface area contributed by atoms with E-state index in [1.807, 2.05) is 4.90 Å². The topological polar surface area (TPSA) is 73.9 Å². The number of carboxylic acid groups (broad SMARTS) is 1. The Bertz CT molecular complexity index is 360. The molecule has 2 heterocycles. The van der Waals surface area contributed by atoms with Gasteiger partial charge >= 0.3 is 5.97 Å². The number of furan rings is 1. The molecule has 5 nitrogen and oxygen atoms in total. The first-order valence-electron chi connectivity index (χ1n) is 4.87. The SMILES string of the molecule is O=C(O)c1ccc(CN2CC[C@@H](O)C2)o1. The minimum Gasteiger partial charge on any atom is -0.475 e. The molecule has 0 amide bonds. The van der Waals surface area contributed by atoms with E-state index >= 15 is 0 Å². The van der Waals surface area contributed by atoms with Gasteiger partial charge in [0.25, 0.3) is 0 Å². The summed E-state index contributed by atoms with van der Waals surface area (Å²) >= 11 is 0. The summed E-state index contributed by atoms with van der Waals surface area (Å²) in [5.74, 6) is -0.464. The fourth-order valence-electron chi connectivity index (χ4n) is 1.75. The van der Waals surface area contributed by atoms with Crippen molar-refractivity contribution in [2.75, 3.05) is 13.1 Å². The normalized spacial score (nSPS) is 22.1. The molecule has 0 aromatic carbocycles. The number of aliphatic hydroxyl groups is 1. The maximum Gasteiger partial charge on any atom is 0.371 e. The smallest absolute Gasteiger partial charge is 0.371 e. The number of carbonyl (C=O) groups is 1. The van der Waals surface area contributed by atoms with E-state index in [1.54, 1.807) is 6.07 Å². The number of carboxylic acids is 1. The molecule has 0 saturated carbocycles. The number of rotatable bonds is 3. The largest absolute Gasteiger partial charge is 0.475 e. The molecule has 2 rings (SSSR count). The molecule has 1 atom stereocenters. The zero-order valence-corrected chi connectivity index (χ0v) is 8.22. The van der Waals surface area contributed by atoms with Gasteiger partial charge < -0.3 is 14.6 Å². The van der Waals surface area contributed by atoms with E-state index < -0.39 is 5.97 Å². The summed E-state index contributed by atoms with van der Waals surface area (Å²) in [6.07, 6.45) is 0.505. The van der Waals surface area contributed by atoms with E-state index in [-0.39, 0.29) is 11.9 Å². The lowest BCUT2D eigenvalue weighted by molar-refractivity contribution is 0.0658. The first-order valence-corrected chi connectivity index (χ1v) is 4.87. The van der Waals surface area contributed by atoms with Gasteiger partial charge in [0, 0.05) is 13.1 Å². The molecule has 0 aliphatic carbocycles. The molecule has 1 aliphatic heterocycles. The Morgan fingerprint density at radius 3 is 2.93 bits per heavy atom. The predicted octanol–water partition coefficient (Wildman–Crippen LogP) is 0.544. The van der Waals surface area contributed by atoms with Gasteiger partial charge in [0.05, 0.1) is 12.6 Å². The first-order chi connectivity index (χ1) is 7.15. The van der Waals surface area contributed by atoms with Gasteiger partial charge in [-0.3, -0.25) is 4.90 Å². The average Bonchev–Trinajstić information content (AvgIpc) is 2.76. The molecule has 0 bridgehead atoms. The zero-order chi connectivity index (χ0) is 10.8. The van der Waals surface area contributed by atoms with Crippen LogP contribution in [0.4, 0.5) is 0 Å². The van der Waals surface area contributed by atoms with E-state index in [0.717, 1.165) is 13.0 Å². The Labute approximate surface area is 86.9 Å². The van der Waals surface area contributed by atoms with E-state index in [2.05, 4.69) is 0 Å². The monoisotopic (exact) mass is 211 g/mol. The van der Waals surface area contributed by atoms with Crippen LogP contribution in [0.5, 0.6) is 0 Å². The van der Waals surface area contributed by atoms with Gasteiger partial charge in [-0.15, -0.1) is 0 Å². The van der Waals surface area contributed by atoms with Crippen molar-refractivity contribution in [3.05, 3.63) is 23.7 Å². The molecule has 0 unspecified atom stereocenters. The van der Waals surface area contributed by atoms with E-state index in [9.17, 15) is 9.90 Å². The van der Waals surface area contributed by atoms with Crippen LogP contribution >= 0.6 is 0 Å². The Kier molecular flexibility index (Phi) is 2.75. The Morgan fingerprint density at radius 2 is 2.40 bits per heavy atom. The van der Waals surface area contributed by atoms with Gasteiger partial charge in [-0.05, 0) is 18.6 Å². The molecule has 1 aromatic rings. The minimum absolute atomic E-state index is 0.0373. The molecule has 5 heteroatoms. The molecule has 1 aliphatic rings. The van der Waals surface area contributed by atoms with Gasteiger partial charge in [-0.2, -0.15) is 0 Å². The number of β-amino-alcohol motifs (C(OH)–C–C–N with tert-alkyl or cyclic N) is 1. The second-order valence-corrected chi connectivity index (χ2v) is 3.75. The van der Waals surface area contributed by atoms with Crippen LogP contribution in [0.2, 0.25) is 0 Å². The van der Waals surface area contributed by atoms with Gasteiger partial charge in [-0.25, -0.2) is 4.79 Å². The van der Waals surface area contributed by atoms with Crippen molar-refractivity contribution in [1.82, 2.24) is 4.90 Å². The van der Waals surface area contributed by atoms with Crippen LogP contribution in [0.3, 0.4) is 0 Å². The number of hydrogen-bond donors (Lipinski definition) is 2. The highest BCUT2D eigenvalue weighted by Crippen LogP contribution is 2.15. The number of nitrogens with zero attached hydrogens (tertiary/aromatic N) is 1. The van der Waals surface area contributed by atoms with Crippen molar-refractivity contribution in [2.24, 2.45) is 0 Å². The molecule has 0 spiro atoms. The second-order valence-electron chi connectivity index (χ2n) is 3.75. The first kappa shape index (κ1) is 10.2. The summed E-state index contributed by atoms with van der Waals surface area (Å²) in [5.41, 5.74) is 0. The quantitative estimate of drug-likeness (QED) is 0.763. The molecule has 2 N–H and O–H groups in total. The van der Waals surface area contributed by atoms with Gasteiger partial charge in [0.15, 0.2) is 0 Å². The van der Waals surface area contributed by atoms with Crippen LogP contribution in [0, 0.1) is 0 Å². The van der Waals surface area contributed by atoms with E-state index in [1.165, 1.54) is 6.07 Å². The molecular weight excluding hydrogens is 198 g/mol. The van der Waals surface area contributed by atoms with Crippen molar-refractivity contribution in [2.45, 2.75) is 19.1 Å². The lowest BCUT2D eigenvalue weighted by Crippen LogP contribution is -2.21. The zero-order valence-electron chi connectivity index (χ0n) is 8.22. The Hall–Kier alpha value is -1.33. The molecule has 1 aromatic heterocycles. The molecule has 15 heavy (non-hydrogen) atoms. The number of aromatic carboxylic acids is 1. The molecule has 0 radical (unpaired) electrons. The molecule has 1 fully saturated rings. The maximum atomic E-state index is 10.6. The number of hydrogen-bond acceptors (Lipinski definition) is 4. The van der Waals surface area contributed by atoms with E-state index in [4.69, 9.17) is 9.52 Å². The van der Waals surface area contributed by atoms with Crippen LogP contribution < -0.4 is 0 Å². The fraction of sp³-hybridized carbons (Fsp3) is 0.500. The third kappa shape index (κ3) is 2.37. The Balaban J connectivity index is 1.96. The van der Waals surface area contributed by atoms with Gasteiger partial charge in [0.2, 0.25) is 5.76 Å². The van der Waals surface area contributed by atoms with Crippen molar-refractivity contribution < 1.29 is 19.4 Å². The summed E-state index contributed by atoms with van der Waals surface area (Å²) in [6, 6.07) is 3.11. The van der Waals surface area contributed by atoms with Gasteiger partial charge in [0.1, 0.15) is 5.76 Å². The van der Waals surface area contributed by atoms with E-state index in [0.29, 0.717) is 18.8 Å². The summed E-state index contributed by atoms with van der Waals surface area (Å²) in [5, 5.41) is 18.0. The summed E-state index contributed by atoms with van der Waals surface area (Å²) in [4.78, 5) is 12.6. The highest BCUT2D eigenvalue weighted by atomic mass is 16.4. The number of aliphatic hydroxyl groups excluding tert-OH is 1. The average molecular weight is 211 g/mol. The van der Waals surface area contributed by atoms with Crippen molar-refractivity contribution in [1.29, 1.82) is 0 Å². The van der Waals surface area contributed by atoms with Crippen LogP contribution in [-0.4, -0.2) is 40.3 Å². The third-order valence-electron chi connectivity index (χ3n) is 2.50. The number of likely N-dealkylation sites (tertiary alicyclic amines) is 1. The predicted molar refractivity (Wildman–Crippen MR) is 51.6 cm³/mol. The summed E-state index contributed by atoms with van der Waals surface area (Å²) in [6.45, 7) is 2.01. The Morgan fingerprint density at radius 1 is 1.60 bits per heavy atom. The molecule has 1 saturated heterocycles. The minimum atomic E-state index is -1.05. The second kappa shape index (κ2) is 4.04. The standard InChI is InChI=1S/C10H13NO4/c12-7-3-4-11(5-7)6-8-1-2-9(15-8)10(13)14/h1-2,7,12H,3-6H2,(H,13,14)/t7-/m1/s1. The van der Waals surface area contributed by atoms with Crippen LogP contribution in [-0.2, 0) is 6.54 Å². The lowest BCUT2D eigenvalue weighted by atomic mass is 10.3. The van der Waals surface area contributed by atoms with Crippen LogP contribution in [0.25, 0.3) is 0 Å². The van der Waals surface area contributed by atoms with Crippen molar-refractivity contribution in [3.8, 4) is 0 Å². The van der Waals surface area contributed by atoms with Crippen molar-refractivity contribution >= 4 is 5.97 Å². The van der Waals surface area contributed by atoms with Crippen LogP contribution in [0.1, 0.15) is 22.7 Å². The molecule has 82 valence electrons. The molecular formula is C10H13NO4. The highest BCUT2D eigenvalue weighted by molar-refractivity contribution is 5.84.